The number of hydrogen-bond donors (Lipinski definition) is 5. The molecular formula is C111H146Cl2O17. The lowest BCUT2D eigenvalue weighted by Gasteiger charge is -2.61. The van der Waals surface area contributed by atoms with Gasteiger partial charge in [-0.25, -0.2) is 19.2 Å². The molecule has 706 valence electrons. The van der Waals surface area contributed by atoms with Gasteiger partial charge < -0.3 is 52.7 Å². The van der Waals surface area contributed by atoms with Crippen molar-refractivity contribution in [3.8, 4) is 0 Å². The fraction of sp³-hybridized carbons (Fsp3) is 0.658. The van der Waals surface area contributed by atoms with Crippen LogP contribution in [0.5, 0.6) is 0 Å². The summed E-state index contributed by atoms with van der Waals surface area (Å²) in [6, 6.07) is 13.1. The van der Waals surface area contributed by atoms with E-state index in [1.807, 2.05) is 66.0 Å². The number of rotatable bonds is 6. The molecule has 0 spiro atoms. The molecule has 0 amide bonds. The largest absolute Gasteiger partial charge is 0.431 e. The molecule has 2 unspecified atom stereocenters. The first-order valence-electron chi connectivity index (χ1n) is 48.0. The van der Waals surface area contributed by atoms with Crippen LogP contribution in [0.4, 0.5) is 0 Å². The third-order valence-corrected chi connectivity index (χ3v) is 41.0. The van der Waals surface area contributed by atoms with Crippen molar-refractivity contribution in [3.63, 3.8) is 0 Å². The van der Waals surface area contributed by atoms with E-state index >= 15 is 0 Å². The zero-order valence-corrected chi connectivity index (χ0v) is 81.7. The zero-order valence-electron chi connectivity index (χ0n) is 80.2. The number of alkyl halides is 2. The second-order valence-corrected chi connectivity index (χ2v) is 49.7. The summed E-state index contributed by atoms with van der Waals surface area (Å²) in [6.07, 6.45) is 43.5. The first-order chi connectivity index (χ1) is 59.9. The molecule has 4 aromatic rings. The van der Waals surface area contributed by atoms with Crippen molar-refractivity contribution in [3.05, 3.63) is 233 Å². The van der Waals surface area contributed by atoms with Crippen LogP contribution in [0.1, 0.15) is 288 Å². The lowest BCUT2D eigenvalue weighted by Crippen LogP contribution is -2.63. The Morgan fingerprint density at radius 1 is 0.392 bits per heavy atom. The van der Waals surface area contributed by atoms with Crippen LogP contribution in [0.3, 0.4) is 0 Å². The molecule has 17 nitrogen and oxygen atoms in total. The van der Waals surface area contributed by atoms with Crippen LogP contribution in [-0.2, 0) is 19.1 Å². The van der Waals surface area contributed by atoms with Crippen LogP contribution in [0, 0.1) is 124 Å². The topological polar surface area (TPSA) is 275 Å². The predicted molar refractivity (Wildman–Crippen MR) is 508 cm³/mol. The van der Waals surface area contributed by atoms with Gasteiger partial charge in [-0.2, -0.15) is 0 Å². The maximum atomic E-state index is 12.7. The van der Waals surface area contributed by atoms with Crippen LogP contribution in [0.2, 0.25) is 0 Å². The van der Waals surface area contributed by atoms with E-state index in [0.717, 1.165) is 92.0 Å². The summed E-state index contributed by atoms with van der Waals surface area (Å²) in [4.78, 5) is 70.1. The maximum absolute atomic E-state index is 12.7. The Balaban J connectivity index is 0.000000127. The number of ether oxygens (including phenoxy) is 2. The average Bonchev–Trinajstić information content (AvgIpc) is 1.49. The summed E-state index contributed by atoms with van der Waals surface area (Å²) >= 11 is 14.3. The Hall–Kier alpha value is -6.64. The predicted octanol–water partition coefficient (Wildman–Crippen LogP) is 21.3. The van der Waals surface area contributed by atoms with Crippen molar-refractivity contribution >= 4 is 34.8 Å². The van der Waals surface area contributed by atoms with Crippen molar-refractivity contribution in [1.29, 1.82) is 0 Å². The van der Waals surface area contributed by atoms with Gasteiger partial charge >= 0.3 is 22.5 Å². The number of hydrogen-bond acceptors (Lipinski definition) is 17. The SMILES string of the molecule is C.CC1(Cl)C[C@]2(O)C3=CC[C@H]4C(C)(C)C(=O)C=C[C@]4(C)[C@H]3C[C@@H](O)[C@]2(C)[C@H]1c1ccc(=O)oc1.CO[C@H]1C=C[C@]2(C)[C@H]3CC[C@]4(C)[C@@H](c5ccc(=O)oc5)C(C)(Cl)C[C@]4(O)C3=CC[C@H]2C1(C)C.CO[C@H]1C=C[C@]2(C)[C@H]3CC[C@]4(C)[C@@H](c5ccc(=O)oc5)[C@@H](C)C[C@]4(O)C3=CC[C@H]2C1(C)C.C[C@H]1C[C@]2(O)C3=CC[C@H]4C(C)(C)C(=O)C=C[C@]4(C)[C@H]3CC[C@]2(C)[C@H]1c1ccc(=O)oc1. The van der Waals surface area contributed by atoms with Gasteiger partial charge in [0.2, 0.25) is 0 Å². The van der Waals surface area contributed by atoms with E-state index in [2.05, 4.69) is 159 Å². The van der Waals surface area contributed by atoms with Gasteiger partial charge in [0.25, 0.3) is 0 Å². The lowest BCUT2D eigenvalue weighted by atomic mass is 9.44. The second kappa shape index (κ2) is 31.5. The number of methoxy groups -OCH3 is 2. The molecule has 0 aliphatic heterocycles. The zero-order chi connectivity index (χ0) is 93.7. The van der Waals surface area contributed by atoms with Gasteiger partial charge in [0.1, 0.15) is 0 Å². The van der Waals surface area contributed by atoms with E-state index in [1.54, 1.807) is 44.1 Å². The Labute approximate surface area is 779 Å². The maximum Gasteiger partial charge on any atom is 0.335 e. The van der Waals surface area contributed by atoms with Gasteiger partial charge in [-0.05, 0) is 282 Å². The van der Waals surface area contributed by atoms with E-state index in [-0.39, 0.29) is 156 Å². The Bertz CT molecular complexity index is 5620. The monoisotopic (exact) mass is 1820 g/mol. The van der Waals surface area contributed by atoms with E-state index in [4.69, 9.17) is 50.3 Å². The number of halogens is 2. The van der Waals surface area contributed by atoms with Crippen LogP contribution in [0.25, 0.3) is 0 Å². The molecule has 5 N–H and O–H groups in total. The van der Waals surface area contributed by atoms with Gasteiger partial charge in [-0.1, -0.05) is 193 Å². The highest BCUT2D eigenvalue weighted by Crippen LogP contribution is 2.78. The van der Waals surface area contributed by atoms with Crippen molar-refractivity contribution in [2.24, 2.45) is 124 Å². The first kappa shape index (κ1) is 96.5. The molecule has 4 heterocycles. The van der Waals surface area contributed by atoms with Crippen molar-refractivity contribution in [2.75, 3.05) is 14.2 Å². The molecule has 16 aliphatic rings. The van der Waals surface area contributed by atoms with Gasteiger partial charge in [0, 0.05) is 95.7 Å². The van der Waals surface area contributed by atoms with Crippen LogP contribution in [0.15, 0.2) is 206 Å². The fourth-order valence-corrected chi connectivity index (χ4v) is 35.2. The highest BCUT2D eigenvalue weighted by molar-refractivity contribution is 6.25. The third kappa shape index (κ3) is 13.3. The molecule has 8 saturated carbocycles. The molecule has 0 bridgehead atoms. The number of aliphatic hydroxyl groups is 5. The molecule has 130 heavy (non-hydrogen) atoms. The number of aliphatic hydroxyl groups excluding tert-OH is 1. The second-order valence-electron chi connectivity index (χ2n) is 48.0. The Morgan fingerprint density at radius 3 is 1.08 bits per heavy atom. The van der Waals surface area contributed by atoms with Gasteiger partial charge in [-0.3, -0.25) is 9.59 Å². The minimum Gasteiger partial charge on any atom is -0.431 e. The molecule has 0 radical (unpaired) electrons. The quantitative estimate of drug-likeness (QED) is 0.0886. The van der Waals surface area contributed by atoms with Gasteiger partial charge in [0.05, 0.1) is 75.5 Å². The Kier molecular flexibility index (Phi) is 23.3. The number of allylic oxidation sites excluding steroid dienone is 10. The molecule has 20 rings (SSSR count). The van der Waals surface area contributed by atoms with E-state index in [9.17, 15) is 54.3 Å². The standard InChI is InChI=1S/C28H37ClO4.C28H38O4.C27H33ClO5.C27H34O4.CH4/c1-24(2)20-9-8-19-18(25(20,3)13-12-21(24)32-6)11-14-26(4)23(17-7-10-22(30)33-15-17)27(5,29)16-28(19,26)31;1-17-15-28(30)20-8-9-21-25(2,3)22(31-6)12-13-26(21,4)19(20)11-14-27(28,5)24(17)18-7-10-23(29)32-16-18;1-23(2)18-8-7-16-17(24(18,3)11-10-19(23)29)12-20(30)26(5)22(15-6-9-21(31)33-13-15)25(4,28)14-27(16,26)32;1-16-14-27(30)19-7-8-20-24(2,3)21(28)11-12-25(20,4)18(19)10-13-26(27,5)23(16)17-6-9-22(29)31-15-17;/h7-8,10,12-13,15,18,20-21,23,31H,9,11,14,16H2,1-6H3;7-8,10,12-13,16-17,19,21-22,24,30H,9,11,14-15H2,1-6H3;6-7,9-11,13,17-18,20,22,30,32H,8,12,14H2,1-5H3;6-7,9,11-12,15-16,18,20,23,30H,8,10,13-14H2,1-5H3;1H4/t18-,20-,21-,23+,25+,26+,27?,28-;17-,19-,21-,22-,24+,26+,27+,28-;17-,18-,20+,22-,24+,25?,26+,27-;16-,18-,20-,23+,25+,26+,27-;/m0000./s1. The minimum absolute atomic E-state index is 0. The highest BCUT2D eigenvalue weighted by Gasteiger charge is 2.77. The van der Waals surface area contributed by atoms with E-state index in [1.165, 1.54) is 41.7 Å². The molecule has 16 aliphatic carbocycles. The fourth-order valence-electron chi connectivity index (χ4n) is 34.1. The van der Waals surface area contributed by atoms with E-state index in [0.29, 0.717) is 54.9 Å². The molecule has 19 heteroatoms. The smallest absolute Gasteiger partial charge is 0.335 e. The van der Waals surface area contributed by atoms with Crippen LogP contribution in [-0.4, -0.2) is 102 Å². The van der Waals surface area contributed by atoms with Crippen molar-refractivity contribution in [2.45, 2.75) is 316 Å². The lowest BCUT2D eigenvalue weighted by molar-refractivity contribution is -0.154. The Morgan fingerprint density at radius 2 is 0.708 bits per heavy atom. The highest BCUT2D eigenvalue weighted by atomic mass is 35.5. The molecule has 4 aromatic heterocycles. The third-order valence-electron chi connectivity index (χ3n) is 40.3. The average molecular weight is 1820 g/mol. The van der Waals surface area contributed by atoms with Gasteiger partial charge in [-0.15, -0.1) is 23.2 Å². The summed E-state index contributed by atoms with van der Waals surface area (Å²) < 4.78 is 32.5. The van der Waals surface area contributed by atoms with Gasteiger partial charge in [0.15, 0.2) is 11.6 Å². The summed E-state index contributed by atoms with van der Waals surface area (Å²) in [5.74, 6) is 2.66. The molecule has 0 aromatic carbocycles. The number of fused-ring (bicyclic) bond motifs is 20. The number of ketones is 2. The first-order valence-corrected chi connectivity index (χ1v) is 48.7. The van der Waals surface area contributed by atoms with Crippen molar-refractivity contribution in [1.82, 2.24) is 0 Å². The summed E-state index contributed by atoms with van der Waals surface area (Å²) in [5, 5.41) is 61.5. The summed E-state index contributed by atoms with van der Waals surface area (Å²) in [6.45, 7) is 43.7. The van der Waals surface area contributed by atoms with Crippen LogP contribution < -0.4 is 22.5 Å². The van der Waals surface area contributed by atoms with E-state index < -0.39 is 66.0 Å². The molecule has 8 fully saturated rings. The normalized spacial score (nSPS) is 46.7. The molecular weight excluding hydrogens is 1680 g/mol. The summed E-state index contributed by atoms with van der Waals surface area (Å²) in [7, 11) is 3.61. The summed E-state index contributed by atoms with van der Waals surface area (Å²) in [5.41, 5.74) is -0.747. The number of carbonyl (C=O) groups excluding carboxylic acids is 2. The molecule has 0 saturated heterocycles. The minimum atomic E-state index is -1.33. The molecule has 31 atom stereocenters. The van der Waals surface area contributed by atoms with Crippen LogP contribution >= 0.6 is 23.2 Å². The number of carbonyl (C=O) groups is 2. The van der Waals surface area contributed by atoms with Crippen molar-refractivity contribution < 1.29 is 62.3 Å².